The lowest BCUT2D eigenvalue weighted by Crippen LogP contribution is -2.34. The number of aryl methyl sites for hydroxylation is 1. The fourth-order valence-electron chi connectivity index (χ4n) is 3.40. The van der Waals surface area contributed by atoms with Crippen LogP contribution in [0.4, 0.5) is 4.39 Å². The molecule has 0 atom stereocenters. The lowest BCUT2D eigenvalue weighted by atomic mass is 10.1. The van der Waals surface area contributed by atoms with Crippen molar-refractivity contribution in [3.63, 3.8) is 0 Å². The number of halogens is 1. The number of nitrogens with zero attached hydrogens (tertiary/aromatic N) is 4. The minimum absolute atomic E-state index is 0.0546. The highest BCUT2D eigenvalue weighted by Gasteiger charge is 2.12. The number of carbonyl (C=O) groups excluding carboxylic acids is 1. The van der Waals surface area contributed by atoms with Gasteiger partial charge < -0.3 is 4.90 Å². The number of benzene rings is 2. The van der Waals surface area contributed by atoms with E-state index in [9.17, 15) is 14.0 Å². The second-order valence-electron chi connectivity index (χ2n) is 7.40. The lowest BCUT2D eigenvalue weighted by molar-refractivity contribution is -0.130. The summed E-state index contributed by atoms with van der Waals surface area (Å²) in [7, 11) is 1.72. The fraction of sp³-hybridized carbons (Fsp3) is 0.217. The molecule has 0 saturated carbocycles. The van der Waals surface area contributed by atoms with Crippen LogP contribution in [-0.2, 0) is 17.8 Å². The molecular weight excluding hydrogens is 397 g/mol. The van der Waals surface area contributed by atoms with Crippen molar-refractivity contribution in [3.05, 3.63) is 82.8 Å². The molecular formula is C23H22FN5O2. The molecule has 2 aromatic carbocycles. The fourth-order valence-corrected chi connectivity index (χ4v) is 3.40. The molecule has 1 N–H and O–H groups in total. The second-order valence-corrected chi connectivity index (χ2v) is 7.40. The van der Waals surface area contributed by atoms with Gasteiger partial charge in [-0.25, -0.2) is 9.37 Å². The van der Waals surface area contributed by atoms with E-state index in [0.717, 1.165) is 12.1 Å². The van der Waals surface area contributed by atoms with Crippen molar-refractivity contribution in [2.45, 2.75) is 19.4 Å². The van der Waals surface area contributed by atoms with Crippen LogP contribution in [0.25, 0.3) is 22.2 Å². The molecule has 0 bridgehead atoms. The van der Waals surface area contributed by atoms with Gasteiger partial charge in [0.25, 0.3) is 5.56 Å². The van der Waals surface area contributed by atoms with Crippen LogP contribution >= 0.6 is 0 Å². The number of para-hydroxylation sites is 1. The number of nitrogens with one attached hydrogen (secondary N) is 1. The van der Waals surface area contributed by atoms with Crippen molar-refractivity contribution in [3.8, 4) is 11.3 Å². The Bertz CT molecular complexity index is 1280. The summed E-state index contributed by atoms with van der Waals surface area (Å²) in [5.74, 6) is -0.466. The molecule has 7 nitrogen and oxygen atoms in total. The Morgan fingerprint density at radius 3 is 2.84 bits per heavy atom. The van der Waals surface area contributed by atoms with E-state index in [0.29, 0.717) is 35.1 Å². The highest BCUT2D eigenvalue weighted by Crippen LogP contribution is 2.19. The summed E-state index contributed by atoms with van der Waals surface area (Å²) in [5, 5.41) is 7.69. The Kier molecular flexibility index (Phi) is 5.88. The standard InChI is InChI=1S/C23H22FN5O2/c1-28(22(30)14-29-15-25-20-10-3-2-9-19(20)23(29)31)11-5-8-18-13-21(27-26-18)16-6-4-7-17(24)12-16/h2-4,6-7,9-10,12-13,15H,5,8,11,14H2,1H3,(H,26,27). The molecule has 0 aliphatic heterocycles. The predicted molar refractivity (Wildman–Crippen MR) is 116 cm³/mol. The van der Waals surface area contributed by atoms with Crippen LogP contribution in [0.2, 0.25) is 0 Å². The van der Waals surface area contributed by atoms with Crippen molar-refractivity contribution in [2.75, 3.05) is 13.6 Å². The molecule has 0 fully saturated rings. The molecule has 1 amide bonds. The highest BCUT2D eigenvalue weighted by molar-refractivity contribution is 5.78. The number of hydrogen-bond donors (Lipinski definition) is 1. The summed E-state index contributed by atoms with van der Waals surface area (Å²) in [4.78, 5) is 30.9. The van der Waals surface area contributed by atoms with Gasteiger partial charge in [0.1, 0.15) is 12.4 Å². The van der Waals surface area contributed by atoms with E-state index < -0.39 is 0 Å². The minimum Gasteiger partial charge on any atom is -0.344 e. The summed E-state index contributed by atoms with van der Waals surface area (Å²) < 4.78 is 14.7. The van der Waals surface area contributed by atoms with E-state index in [1.54, 1.807) is 42.3 Å². The number of aromatic amines is 1. The Morgan fingerprint density at radius 2 is 2.00 bits per heavy atom. The number of amides is 1. The molecule has 2 aromatic heterocycles. The van der Waals surface area contributed by atoms with Gasteiger partial charge in [0.2, 0.25) is 5.91 Å². The Labute approximate surface area is 178 Å². The van der Waals surface area contributed by atoms with Gasteiger partial charge in [0.15, 0.2) is 0 Å². The monoisotopic (exact) mass is 419 g/mol. The summed E-state index contributed by atoms with van der Waals surface area (Å²) in [5.41, 5.74) is 2.69. The van der Waals surface area contributed by atoms with Crippen LogP contribution in [0, 0.1) is 5.82 Å². The Morgan fingerprint density at radius 1 is 1.16 bits per heavy atom. The van der Waals surface area contributed by atoms with Gasteiger partial charge in [-0.2, -0.15) is 5.10 Å². The van der Waals surface area contributed by atoms with Crippen molar-refractivity contribution < 1.29 is 9.18 Å². The summed E-state index contributed by atoms with van der Waals surface area (Å²) in [6.07, 6.45) is 2.82. The van der Waals surface area contributed by atoms with E-state index in [1.165, 1.54) is 23.0 Å². The number of likely N-dealkylation sites (N-methyl/N-ethyl adjacent to an activating group) is 1. The maximum absolute atomic E-state index is 13.4. The van der Waals surface area contributed by atoms with Gasteiger partial charge in [-0.05, 0) is 43.2 Å². The number of fused-ring (bicyclic) bond motifs is 1. The molecule has 31 heavy (non-hydrogen) atoms. The SMILES string of the molecule is CN(CCCc1cc(-c2cccc(F)c2)n[nH]1)C(=O)Cn1cnc2ccccc2c1=O. The van der Waals surface area contributed by atoms with Crippen molar-refractivity contribution in [1.82, 2.24) is 24.6 Å². The summed E-state index contributed by atoms with van der Waals surface area (Å²) >= 11 is 0. The zero-order valence-corrected chi connectivity index (χ0v) is 17.1. The van der Waals surface area contributed by atoms with Gasteiger partial charge in [0, 0.05) is 24.8 Å². The minimum atomic E-state index is -0.303. The third kappa shape index (κ3) is 4.69. The molecule has 0 unspecified atom stereocenters. The predicted octanol–water partition coefficient (Wildman–Crippen LogP) is 3.02. The van der Waals surface area contributed by atoms with Crippen LogP contribution in [0.1, 0.15) is 12.1 Å². The molecule has 2 heterocycles. The number of H-pyrrole nitrogens is 1. The number of hydrogen-bond acceptors (Lipinski definition) is 4. The third-order valence-electron chi connectivity index (χ3n) is 5.15. The lowest BCUT2D eigenvalue weighted by Gasteiger charge is -2.17. The van der Waals surface area contributed by atoms with Gasteiger partial charge in [-0.1, -0.05) is 24.3 Å². The number of rotatable bonds is 7. The van der Waals surface area contributed by atoms with Crippen LogP contribution < -0.4 is 5.56 Å². The maximum atomic E-state index is 13.4. The average Bonchev–Trinajstić information content (AvgIpc) is 3.25. The second kappa shape index (κ2) is 8.91. The van der Waals surface area contributed by atoms with E-state index in [1.807, 2.05) is 12.1 Å². The largest absolute Gasteiger partial charge is 0.344 e. The molecule has 4 rings (SSSR count). The normalized spacial score (nSPS) is 11.0. The van der Waals surface area contributed by atoms with E-state index in [4.69, 9.17) is 0 Å². The zero-order valence-electron chi connectivity index (χ0n) is 17.1. The summed E-state index contributed by atoms with van der Waals surface area (Å²) in [6.45, 7) is 0.476. The molecule has 0 radical (unpaired) electrons. The van der Waals surface area contributed by atoms with Gasteiger partial charge in [0.05, 0.1) is 22.9 Å². The average molecular weight is 419 g/mol. The summed E-state index contributed by atoms with van der Waals surface area (Å²) in [6, 6.07) is 15.2. The van der Waals surface area contributed by atoms with Gasteiger partial charge in [-0.15, -0.1) is 0 Å². The van der Waals surface area contributed by atoms with Crippen molar-refractivity contribution in [1.29, 1.82) is 0 Å². The molecule has 158 valence electrons. The molecule has 0 aliphatic rings. The molecule has 0 spiro atoms. The maximum Gasteiger partial charge on any atom is 0.261 e. The van der Waals surface area contributed by atoms with Crippen LogP contribution in [0.5, 0.6) is 0 Å². The van der Waals surface area contributed by atoms with Crippen molar-refractivity contribution in [2.24, 2.45) is 0 Å². The topological polar surface area (TPSA) is 83.9 Å². The van der Waals surface area contributed by atoms with E-state index >= 15 is 0 Å². The quantitative estimate of drug-likeness (QED) is 0.499. The van der Waals surface area contributed by atoms with Gasteiger partial charge >= 0.3 is 0 Å². The molecule has 4 aromatic rings. The zero-order chi connectivity index (χ0) is 21.8. The first-order valence-electron chi connectivity index (χ1n) is 9.99. The first kappa shape index (κ1) is 20.5. The van der Waals surface area contributed by atoms with Crippen LogP contribution in [0.15, 0.2) is 65.7 Å². The molecule has 0 saturated heterocycles. The Hall–Kier alpha value is -3.81. The highest BCUT2D eigenvalue weighted by atomic mass is 19.1. The van der Waals surface area contributed by atoms with E-state index in [-0.39, 0.29) is 23.8 Å². The van der Waals surface area contributed by atoms with Crippen LogP contribution in [-0.4, -0.2) is 44.1 Å². The smallest absolute Gasteiger partial charge is 0.261 e. The number of aromatic nitrogens is 4. The molecule has 0 aliphatic carbocycles. The Balaban J connectivity index is 1.32. The van der Waals surface area contributed by atoms with Crippen molar-refractivity contribution >= 4 is 16.8 Å². The molecule has 8 heteroatoms. The number of carbonyl (C=O) groups is 1. The third-order valence-corrected chi connectivity index (χ3v) is 5.15. The first-order valence-corrected chi connectivity index (χ1v) is 9.99. The van der Waals surface area contributed by atoms with E-state index in [2.05, 4.69) is 15.2 Å². The first-order chi connectivity index (χ1) is 15.0. The van der Waals surface area contributed by atoms with Crippen LogP contribution in [0.3, 0.4) is 0 Å². The van der Waals surface area contributed by atoms with Gasteiger partial charge in [-0.3, -0.25) is 19.3 Å².